The number of ether oxygens (including phenoxy) is 1. The van der Waals surface area contributed by atoms with Crippen molar-refractivity contribution in [3.8, 4) is 5.75 Å². The van der Waals surface area contributed by atoms with E-state index in [0.29, 0.717) is 18.2 Å². The van der Waals surface area contributed by atoms with E-state index >= 15 is 0 Å². The molecule has 2 N–H and O–H groups in total. The second kappa shape index (κ2) is 5.35. The zero-order chi connectivity index (χ0) is 13.1. The van der Waals surface area contributed by atoms with E-state index in [0.717, 1.165) is 12.8 Å². The molecule has 0 radical (unpaired) electrons. The fourth-order valence-corrected chi connectivity index (χ4v) is 1.59. The third-order valence-corrected chi connectivity index (χ3v) is 2.85. The summed E-state index contributed by atoms with van der Waals surface area (Å²) in [4.78, 5) is 10.7. The zero-order valence-electron chi connectivity index (χ0n) is 10.1. The predicted octanol–water partition coefficient (Wildman–Crippen LogP) is 1.93. The van der Waals surface area contributed by atoms with Gasteiger partial charge in [-0.05, 0) is 25.8 Å². The van der Waals surface area contributed by atoms with Crippen molar-refractivity contribution < 1.29 is 19.0 Å². The molecule has 1 unspecified atom stereocenters. The van der Waals surface area contributed by atoms with Gasteiger partial charge in [0.1, 0.15) is 0 Å². The molecule has 0 aliphatic heterocycles. The topological polar surface area (TPSA) is 58.6 Å². The number of hydrogen-bond donors (Lipinski definition) is 2. The first-order valence-corrected chi connectivity index (χ1v) is 5.98. The minimum absolute atomic E-state index is 0.0283. The summed E-state index contributed by atoms with van der Waals surface area (Å²) in [5.74, 6) is -1.61. The van der Waals surface area contributed by atoms with Gasteiger partial charge in [-0.25, -0.2) is 9.18 Å². The van der Waals surface area contributed by atoms with Crippen molar-refractivity contribution in [1.29, 1.82) is 0 Å². The summed E-state index contributed by atoms with van der Waals surface area (Å²) >= 11 is 0. The molecular weight excluding hydrogens is 237 g/mol. The van der Waals surface area contributed by atoms with E-state index in [1.54, 1.807) is 12.1 Å². The average molecular weight is 253 g/mol. The summed E-state index contributed by atoms with van der Waals surface area (Å²) in [6.07, 6.45) is 1.20. The molecule has 0 amide bonds. The number of hydrogen-bond acceptors (Lipinski definition) is 3. The van der Waals surface area contributed by atoms with Gasteiger partial charge in [0.25, 0.3) is 0 Å². The van der Waals surface area contributed by atoms with Gasteiger partial charge < -0.3 is 15.2 Å². The van der Waals surface area contributed by atoms with Crippen molar-refractivity contribution in [2.75, 3.05) is 0 Å². The fourth-order valence-electron chi connectivity index (χ4n) is 1.59. The van der Waals surface area contributed by atoms with Crippen LogP contribution >= 0.6 is 0 Å². The number of nitrogens with one attached hydrogen (secondary N) is 1. The lowest BCUT2D eigenvalue weighted by Crippen LogP contribution is -2.25. The first-order valence-electron chi connectivity index (χ1n) is 5.98. The molecule has 98 valence electrons. The van der Waals surface area contributed by atoms with Crippen molar-refractivity contribution in [3.63, 3.8) is 0 Å². The van der Waals surface area contributed by atoms with E-state index in [9.17, 15) is 9.18 Å². The van der Waals surface area contributed by atoms with Crippen LogP contribution in [0.2, 0.25) is 0 Å². The third-order valence-electron chi connectivity index (χ3n) is 2.85. The quantitative estimate of drug-likeness (QED) is 0.813. The van der Waals surface area contributed by atoms with E-state index in [2.05, 4.69) is 5.32 Å². The Bertz CT molecular complexity index is 446. The summed E-state index contributed by atoms with van der Waals surface area (Å²) in [7, 11) is 0. The Morgan fingerprint density at radius 2 is 2.33 bits per heavy atom. The minimum atomic E-state index is -1.11. The molecule has 4 nitrogen and oxygen atoms in total. The zero-order valence-corrected chi connectivity index (χ0v) is 10.1. The standard InChI is InChI=1S/C13H16FNO3/c1-8(13(16)17)18-12-9(3-2-4-11(12)14)7-15-10-5-6-10/h2-4,8,10,15H,5-7H2,1H3,(H,16,17). The molecule has 1 aliphatic carbocycles. The molecular formula is C13H16FNO3. The van der Waals surface area contributed by atoms with Gasteiger partial charge in [-0.2, -0.15) is 0 Å². The van der Waals surface area contributed by atoms with E-state index in [1.807, 2.05) is 0 Å². The van der Waals surface area contributed by atoms with Crippen molar-refractivity contribution >= 4 is 5.97 Å². The highest BCUT2D eigenvalue weighted by Crippen LogP contribution is 2.26. The van der Waals surface area contributed by atoms with Crippen molar-refractivity contribution in [2.45, 2.75) is 38.5 Å². The third kappa shape index (κ3) is 3.20. The number of benzene rings is 1. The lowest BCUT2D eigenvalue weighted by molar-refractivity contribution is -0.144. The smallest absolute Gasteiger partial charge is 0.344 e. The van der Waals surface area contributed by atoms with Gasteiger partial charge in [-0.1, -0.05) is 12.1 Å². The number of carboxylic acid groups (broad SMARTS) is 1. The molecule has 18 heavy (non-hydrogen) atoms. The monoisotopic (exact) mass is 253 g/mol. The van der Waals surface area contributed by atoms with Crippen molar-refractivity contribution in [3.05, 3.63) is 29.6 Å². The van der Waals surface area contributed by atoms with Crippen LogP contribution in [0.25, 0.3) is 0 Å². The Morgan fingerprint density at radius 1 is 1.61 bits per heavy atom. The number of aliphatic carboxylic acids is 1. The molecule has 1 aromatic rings. The summed E-state index contributed by atoms with van der Waals surface area (Å²) in [6.45, 7) is 1.87. The Kier molecular flexibility index (Phi) is 3.81. The van der Waals surface area contributed by atoms with Gasteiger partial charge in [0.15, 0.2) is 17.7 Å². The number of rotatable bonds is 6. The molecule has 1 fully saturated rings. The maximum atomic E-state index is 13.7. The number of carboxylic acids is 1. The maximum absolute atomic E-state index is 13.7. The number of halogens is 1. The number of carbonyl (C=O) groups is 1. The van der Waals surface area contributed by atoms with Crippen LogP contribution in [0, 0.1) is 5.82 Å². The summed E-state index contributed by atoms with van der Waals surface area (Å²) in [6, 6.07) is 5.10. The van der Waals surface area contributed by atoms with Crippen molar-refractivity contribution in [1.82, 2.24) is 5.32 Å². The fraction of sp³-hybridized carbons (Fsp3) is 0.462. The molecule has 0 saturated heterocycles. The van der Waals surface area contributed by atoms with Gasteiger partial charge in [0.05, 0.1) is 0 Å². The van der Waals surface area contributed by atoms with Gasteiger partial charge in [-0.3, -0.25) is 0 Å². The van der Waals surface area contributed by atoms with E-state index < -0.39 is 17.9 Å². The highest BCUT2D eigenvalue weighted by Gasteiger charge is 2.22. The minimum Gasteiger partial charge on any atom is -0.479 e. The Morgan fingerprint density at radius 3 is 2.94 bits per heavy atom. The summed E-state index contributed by atoms with van der Waals surface area (Å²) in [5, 5.41) is 12.0. The maximum Gasteiger partial charge on any atom is 0.344 e. The Balaban J connectivity index is 2.11. The molecule has 1 aliphatic rings. The first kappa shape index (κ1) is 12.8. The van der Waals surface area contributed by atoms with Crippen LogP contribution in [0.15, 0.2) is 18.2 Å². The Labute approximate surface area is 105 Å². The van der Waals surface area contributed by atoms with Crippen LogP contribution < -0.4 is 10.1 Å². The molecule has 2 rings (SSSR count). The number of para-hydroxylation sites is 1. The van der Waals surface area contributed by atoms with Crippen LogP contribution in [-0.4, -0.2) is 23.2 Å². The normalized spacial score (nSPS) is 16.3. The first-order chi connectivity index (χ1) is 8.58. The predicted molar refractivity (Wildman–Crippen MR) is 64.0 cm³/mol. The molecule has 0 spiro atoms. The molecule has 0 aromatic heterocycles. The molecule has 0 bridgehead atoms. The van der Waals surface area contributed by atoms with Crippen LogP contribution in [0.5, 0.6) is 5.75 Å². The highest BCUT2D eigenvalue weighted by atomic mass is 19.1. The summed E-state index contributed by atoms with van der Waals surface area (Å²) in [5.41, 5.74) is 0.648. The van der Waals surface area contributed by atoms with Crippen molar-refractivity contribution in [2.24, 2.45) is 0 Å². The average Bonchev–Trinajstić information content (AvgIpc) is 3.13. The lowest BCUT2D eigenvalue weighted by Gasteiger charge is -2.15. The van der Waals surface area contributed by atoms with Gasteiger partial charge in [-0.15, -0.1) is 0 Å². The molecule has 5 heteroatoms. The van der Waals surface area contributed by atoms with E-state index in [4.69, 9.17) is 9.84 Å². The Hall–Kier alpha value is -1.62. The molecule has 1 aromatic carbocycles. The van der Waals surface area contributed by atoms with Crippen LogP contribution in [0.4, 0.5) is 4.39 Å². The van der Waals surface area contributed by atoms with Crippen LogP contribution in [0.3, 0.4) is 0 Å². The summed E-state index contributed by atoms with van der Waals surface area (Å²) < 4.78 is 18.8. The highest BCUT2D eigenvalue weighted by molar-refractivity contribution is 5.72. The molecule has 0 heterocycles. The van der Waals surface area contributed by atoms with Crippen LogP contribution in [-0.2, 0) is 11.3 Å². The van der Waals surface area contributed by atoms with Crippen LogP contribution in [0.1, 0.15) is 25.3 Å². The second-order valence-corrected chi connectivity index (χ2v) is 4.48. The van der Waals surface area contributed by atoms with Gasteiger partial charge >= 0.3 is 5.97 Å². The second-order valence-electron chi connectivity index (χ2n) is 4.48. The molecule has 1 saturated carbocycles. The van der Waals surface area contributed by atoms with Gasteiger partial charge in [0.2, 0.25) is 0 Å². The largest absolute Gasteiger partial charge is 0.479 e. The molecule has 1 atom stereocenters. The lowest BCUT2D eigenvalue weighted by atomic mass is 10.2. The van der Waals surface area contributed by atoms with Gasteiger partial charge in [0, 0.05) is 18.2 Å². The van der Waals surface area contributed by atoms with E-state index in [-0.39, 0.29) is 5.75 Å². The van der Waals surface area contributed by atoms with E-state index in [1.165, 1.54) is 13.0 Å². The SMILES string of the molecule is CC(Oc1c(F)cccc1CNC1CC1)C(=O)O.